The molecule has 0 aromatic carbocycles. The molecule has 0 aliphatic heterocycles. The Balaban J connectivity index is 2.93. The molecule has 0 aliphatic rings. The van der Waals surface area contributed by atoms with Crippen molar-refractivity contribution in [3.63, 3.8) is 0 Å². The van der Waals surface area contributed by atoms with Crippen molar-refractivity contribution in [2.75, 3.05) is 6.54 Å². The molecule has 0 spiro atoms. The summed E-state index contributed by atoms with van der Waals surface area (Å²) in [6.07, 6.45) is 6.27. The molecule has 1 N–H and O–H groups in total. The maximum Gasteiger partial charge on any atom is 0.105 e. The van der Waals surface area contributed by atoms with Crippen molar-refractivity contribution in [2.45, 2.75) is 72.8 Å². The van der Waals surface area contributed by atoms with Gasteiger partial charge in [0.15, 0.2) is 0 Å². The van der Waals surface area contributed by atoms with Gasteiger partial charge in [-0.15, -0.1) is 0 Å². The fraction of sp³-hybridized carbons (Fsp3) is 0.765. The molecule has 110 valence electrons. The van der Waals surface area contributed by atoms with Crippen molar-refractivity contribution in [1.82, 2.24) is 5.32 Å². The third kappa shape index (κ3) is 4.68. The van der Waals surface area contributed by atoms with Crippen LogP contribution in [0.15, 0.2) is 10.5 Å². The molecule has 1 heterocycles. The monoisotopic (exact) mass is 265 g/mol. The molecule has 1 aromatic heterocycles. The van der Waals surface area contributed by atoms with Crippen LogP contribution >= 0.6 is 0 Å². The predicted molar refractivity (Wildman–Crippen MR) is 82.5 cm³/mol. The average molecular weight is 265 g/mol. The van der Waals surface area contributed by atoms with Crippen molar-refractivity contribution >= 4 is 0 Å². The Morgan fingerprint density at radius 1 is 1.05 bits per heavy atom. The van der Waals surface area contributed by atoms with Crippen LogP contribution in [0.25, 0.3) is 0 Å². The van der Waals surface area contributed by atoms with Crippen molar-refractivity contribution in [3.8, 4) is 0 Å². The van der Waals surface area contributed by atoms with Gasteiger partial charge in [0.1, 0.15) is 11.5 Å². The number of furan rings is 1. The number of rotatable bonds is 9. The van der Waals surface area contributed by atoms with E-state index in [0.717, 1.165) is 24.0 Å². The smallest absolute Gasteiger partial charge is 0.105 e. The van der Waals surface area contributed by atoms with Crippen LogP contribution in [0.3, 0.4) is 0 Å². The molecule has 0 bridgehead atoms. The van der Waals surface area contributed by atoms with Gasteiger partial charge in [0.2, 0.25) is 0 Å². The summed E-state index contributed by atoms with van der Waals surface area (Å²) < 4.78 is 5.74. The molecule has 1 rings (SSSR count). The molecule has 1 aromatic rings. The lowest BCUT2D eigenvalue weighted by molar-refractivity contribution is 0.313. The van der Waals surface area contributed by atoms with E-state index in [4.69, 9.17) is 4.42 Å². The molecular formula is C17H31NO. The summed E-state index contributed by atoms with van der Waals surface area (Å²) >= 11 is 0. The molecule has 0 saturated carbocycles. The Hall–Kier alpha value is -0.760. The lowest BCUT2D eigenvalue weighted by Crippen LogP contribution is -2.29. The molecule has 2 nitrogen and oxygen atoms in total. The number of hydrogen-bond acceptors (Lipinski definition) is 2. The molecular weight excluding hydrogens is 234 g/mol. The van der Waals surface area contributed by atoms with Gasteiger partial charge in [0.05, 0.1) is 0 Å². The molecule has 2 heteroatoms. The minimum Gasteiger partial charge on any atom is -0.466 e. The topological polar surface area (TPSA) is 25.2 Å². The van der Waals surface area contributed by atoms with Crippen LogP contribution in [0, 0.1) is 19.8 Å². The van der Waals surface area contributed by atoms with Gasteiger partial charge in [-0.2, -0.15) is 0 Å². The van der Waals surface area contributed by atoms with Crippen molar-refractivity contribution in [1.29, 1.82) is 0 Å². The minimum absolute atomic E-state index is 0.456. The molecule has 0 saturated heterocycles. The van der Waals surface area contributed by atoms with Crippen LogP contribution in [0.1, 0.15) is 76.0 Å². The van der Waals surface area contributed by atoms with Crippen LogP contribution in [0.4, 0.5) is 0 Å². The highest BCUT2D eigenvalue weighted by atomic mass is 16.3. The van der Waals surface area contributed by atoms with E-state index in [1.165, 1.54) is 37.7 Å². The molecule has 19 heavy (non-hydrogen) atoms. The maximum atomic E-state index is 5.74. The lowest BCUT2D eigenvalue weighted by Gasteiger charge is -2.28. The zero-order valence-corrected chi connectivity index (χ0v) is 13.4. The lowest BCUT2D eigenvalue weighted by atomic mass is 9.86. The third-order valence-corrected chi connectivity index (χ3v) is 3.82. The summed E-state index contributed by atoms with van der Waals surface area (Å²) in [5, 5.41) is 3.75. The zero-order valence-electron chi connectivity index (χ0n) is 13.4. The molecule has 0 amide bonds. The highest BCUT2D eigenvalue weighted by molar-refractivity contribution is 5.24. The second-order valence-corrected chi connectivity index (χ2v) is 5.64. The van der Waals surface area contributed by atoms with E-state index in [1.807, 2.05) is 6.92 Å². The summed E-state index contributed by atoms with van der Waals surface area (Å²) in [7, 11) is 0. The number of hydrogen-bond donors (Lipinski definition) is 1. The Morgan fingerprint density at radius 2 is 1.68 bits per heavy atom. The highest BCUT2D eigenvalue weighted by Gasteiger charge is 2.24. The van der Waals surface area contributed by atoms with Crippen LogP contribution in [0.2, 0.25) is 0 Å². The Labute approximate surface area is 119 Å². The zero-order chi connectivity index (χ0) is 14.3. The summed E-state index contributed by atoms with van der Waals surface area (Å²) in [6, 6.07) is 2.68. The van der Waals surface area contributed by atoms with E-state index in [9.17, 15) is 0 Å². The fourth-order valence-electron chi connectivity index (χ4n) is 3.01. The molecule has 0 fully saturated rings. The van der Waals surface area contributed by atoms with Gasteiger partial charge in [0, 0.05) is 11.6 Å². The van der Waals surface area contributed by atoms with Crippen LogP contribution in [0.5, 0.6) is 0 Å². The second-order valence-electron chi connectivity index (χ2n) is 5.64. The first kappa shape index (κ1) is 16.3. The van der Waals surface area contributed by atoms with Crippen LogP contribution in [-0.2, 0) is 0 Å². The first-order valence-electron chi connectivity index (χ1n) is 7.94. The minimum atomic E-state index is 0.456. The van der Waals surface area contributed by atoms with Gasteiger partial charge >= 0.3 is 0 Å². The number of nitrogens with one attached hydrogen (secondary N) is 1. The van der Waals surface area contributed by atoms with E-state index >= 15 is 0 Å². The Morgan fingerprint density at radius 3 is 2.11 bits per heavy atom. The fourth-order valence-corrected chi connectivity index (χ4v) is 3.01. The second kappa shape index (κ2) is 8.42. The highest BCUT2D eigenvalue weighted by Crippen LogP contribution is 2.33. The number of aryl methyl sites for hydroxylation is 2. The largest absolute Gasteiger partial charge is 0.466 e. The van der Waals surface area contributed by atoms with E-state index < -0.39 is 0 Å². The normalized spacial score (nSPS) is 13.2. The first-order chi connectivity index (χ1) is 9.13. The van der Waals surface area contributed by atoms with Crippen LogP contribution < -0.4 is 5.32 Å². The van der Waals surface area contributed by atoms with Gasteiger partial charge in [-0.1, -0.05) is 33.6 Å². The van der Waals surface area contributed by atoms with Crippen LogP contribution in [-0.4, -0.2) is 6.54 Å². The van der Waals surface area contributed by atoms with Gasteiger partial charge < -0.3 is 9.73 Å². The molecule has 0 aliphatic carbocycles. The van der Waals surface area contributed by atoms with Gasteiger partial charge in [-0.25, -0.2) is 0 Å². The summed E-state index contributed by atoms with van der Waals surface area (Å²) in [6.45, 7) is 12.0. The van der Waals surface area contributed by atoms with Gasteiger partial charge in [-0.05, 0) is 51.6 Å². The average Bonchev–Trinajstić information content (AvgIpc) is 2.69. The Bertz CT molecular complexity index is 350. The molecule has 1 atom stereocenters. The standard InChI is InChI=1S/C17H31NO/c1-6-9-15(10-7-2)17(18-11-8-3)16-12-13(4)19-14(16)5/h12,15,17-18H,6-11H2,1-5H3. The summed E-state index contributed by atoms with van der Waals surface area (Å²) in [5.74, 6) is 2.84. The SMILES string of the molecule is CCCNC(c1cc(C)oc1C)C(CCC)CCC. The van der Waals surface area contributed by atoms with Gasteiger partial charge in [-0.3, -0.25) is 0 Å². The van der Waals surface area contributed by atoms with Crippen molar-refractivity contribution in [2.24, 2.45) is 5.92 Å². The maximum absolute atomic E-state index is 5.74. The first-order valence-corrected chi connectivity index (χ1v) is 7.94. The summed E-state index contributed by atoms with van der Waals surface area (Å²) in [5.41, 5.74) is 1.37. The van der Waals surface area contributed by atoms with E-state index in [2.05, 4.69) is 39.1 Å². The van der Waals surface area contributed by atoms with E-state index in [1.54, 1.807) is 0 Å². The summed E-state index contributed by atoms with van der Waals surface area (Å²) in [4.78, 5) is 0. The van der Waals surface area contributed by atoms with Gasteiger partial charge in [0.25, 0.3) is 0 Å². The Kier molecular flexibility index (Phi) is 7.22. The molecule has 0 radical (unpaired) electrons. The molecule has 1 unspecified atom stereocenters. The van der Waals surface area contributed by atoms with E-state index in [0.29, 0.717) is 6.04 Å². The van der Waals surface area contributed by atoms with E-state index in [-0.39, 0.29) is 0 Å². The van der Waals surface area contributed by atoms with Crippen molar-refractivity contribution < 1.29 is 4.42 Å². The predicted octanol–water partition coefficient (Wildman–Crippen LogP) is 5.15. The quantitative estimate of drug-likeness (QED) is 0.667. The third-order valence-electron chi connectivity index (χ3n) is 3.82. The van der Waals surface area contributed by atoms with Crippen molar-refractivity contribution in [3.05, 3.63) is 23.2 Å².